The Hall–Kier alpha value is -0.950. The smallest absolute Gasteiger partial charge is 0.227 e. The van der Waals surface area contributed by atoms with E-state index in [0.717, 1.165) is 25.7 Å². The van der Waals surface area contributed by atoms with Gasteiger partial charge in [0.1, 0.15) is 5.54 Å². The molecule has 30 heavy (non-hydrogen) atoms. The Morgan fingerprint density at radius 1 is 1.13 bits per heavy atom. The van der Waals surface area contributed by atoms with E-state index in [1.165, 1.54) is 0 Å². The van der Waals surface area contributed by atoms with Crippen LogP contribution in [0.25, 0.3) is 0 Å². The fourth-order valence-corrected chi connectivity index (χ4v) is 4.93. The minimum atomic E-state index is -0.976. The summed E-state index contributed by atoms with van der Waals surface area (Å²) in [7, 11) is 3.98. The SMILES string of the molecule is CC/C=C\C1(C2(NN(C)C)CCC(C)CC2C(=O)N(CC)CC)OCC(C)(C)CO1. The number of allylic oxidation sites excluding steroid dienone is 1. The first kappa shape index (κ1) is 25.3. The molecule has 1 heterocycles. The van der Waals surface area contributed by atoms with Crippen LogP contribution in [0.15, 0.2) is 12.2 Å². The highest BCUT2D eigenvalue weighted by Crippen LogP contribution is 2.49. The summed E-state index contributed by atoms with van der Waals surface area (Å²) < 4.78 is 13.2. The zero-order valence-corrected chi connectivity index (χ0v) is 20.6. The van der Waals surface area contributed by atoms with Crippen molar-refractivity contribution in [1.82, 2.24) is 15.3 Å². The molecule has 3 unspecified atom stereocenters. The number of nitrogens with zero attached hydrogens (tertiary/aromatic N) is 2. The van der Waals surface area contributed by atoms with Crippen LogP contribution in [0.3, 0.4) is 0 Å². The van der Waals surface area contributed by atoms with Crippen LogP contribution in [0.5, 0.6) is 0 Å². The van der Waals surface area contributed by atoms with Crippen LogP contribution < -0.4 is 5.43 Å². The highest BCUT2D eigenvalue weighted by Gasteiger charge is 2.63. The molecule has 2 aliphatic rings. The van der Waals surface area contributed by atoms with Crippen LogP contribution in [0.1, 0.15) is 67.2 Å². The minimum Gasteiger partial charge on any atom is -0.344 e. The molecular weight excluding hydrogens is 378 g/mol. The van der Waals surface area contributed by atoms with Crippen molar-refractivity contribution in [3.05, 3.63) is 12.2 Å². The van der Waals surface area contributed by atoms with E-state index in [1.807, 2.05) is 24.0 Å². The lowest BCUT2D eigenvalue weighted by Crippen LogP contribution is -2.75. The summed E-state index contributed by atoms with van der Waals surface area (Å²) in [5.41, 5.74) is 2.97. The first-order chi connectivity index (χ1) is 14.1. The molecule has 1 saturated heterocycles. The molecule has 1 N–H and O–H groups in total. The minimum absolute atomic E-state index is 0.0524. The molecule has 3 atom stereocenters. The Morgan fingerprint density at radius 3 is 2.23 bits per heavy atom. The third-order valence-electron chi connectivity index (χ3n) is 6.61. The van der Waals surface area contributed by atoms with Crippen molar-refractivity contribution in [2.75, 3.05) is 40.4 Å². The molecule has 174 valence electrons. The molecule has 0 spiro atoms. The predicted molar refractivity (Wildman–Crippen MR) is 122 cm³/mol. The molecule has 1 amide bonds. The van der Waals surface area contributed by atoms with Crippen LogP contribution in [0.4, 0.5) is 0 Å². The van der Waals surface area contributed by atoms with E-state index in [4.69, 9.17) is 9.47 Å². The quantitative estimate of drug-likeness (QED) is 0.475. The van der Waals surface area contributed by atoms with E-state index in [1.54, 1.807) is 0 Å². The average Bonchev–Trinajstić information content (AvgIpc) is 2.69. The predicted octanol–water partition coefficient (Wildman–Crippen LogP) is 3.83. The van der Waals surface area contributed by atoms with Crippen molar-refractivity contribution >= 4 is 5.91 Å². The van der Waals surface area contributed by atoms with Crippen molar-refractivity contribution in [2.45, 2.75) is 78.6 Å². The zero-order chi connectivity index (χ0) is 22.6. The van der Waals surface area contributed by atoms with Crippen molar-refractivity contribution in [3.8, 4) is 0 Å². The molecule has 0 aromatic heterocycles. The molecule has 0 radical (unpaired) electrons. The van der Waals surface area contributed by atoms with Crippen molar-refractivity contribution in [3.63, 3.8) is 0 Å². The topological polar surface area (TPSA) is 54.0 Å². The van der Waals surface area contributed by atoms with E-state index < -0.39 is 11.3 Å². The Bertz CT molecular complexity index is 591. The number of hydrazine groups is 1. The molecule has 6 nitrogen and oxygen atoms in total. The Kier molecular flexibility index (Phi) is 8.53. The van der Waals surface area contributed by atoms with Gasteiger partial charge < -0.3 is 14.4 Å². The van der Waals surface area contributed by atoms with E-state index in [2.05, 4.69) is 59.1 Å². The van der Waals surface area contributed by atoms with Crippen LogP contribution in [-0.4, -0.2) is 67.5 Å². The average molecular weight is 424 g/mol. The first-order valence-corrected chi connectivity index (χ1v) is 11.8. The van der Waals surface area contributed by atoms with Gasteiger partial charge in [-0.25, -0.2) is 10.4 Å². The number of ether oxygens (including phenoxy) is 2. The number of hydrogen-bond donors (Lipinski definition) is 1. The van der Waals surface area contributed by atoms with Gasteiger partial charge in [0.15, 0.2) is 0 Å². The monoisotopic (exact) mass is 423 g/mol. The van der Waals surface area contributed by atoms with Crippen LogP contribution in [0.2, 0.25) is 0 Å². The summed E-state index contributed by atoms with van der Waals surface area (Å²) in [6, 6.07) is 0. The van der Waals surface area contributed by atoms with Crippen molar-refractivity contribution in [1.29, 1.82) is 0 Å². The zero-order valence-electron chi connectivity index (χ0n) is 20.6. The fraction of sp³-hybridized carbons (Fsp3) is 0.875. The second kappa shape index (κ2) is 10.1. The van der Waals surface area contributed by atoms with Gasteiger partial charge in [0.2, 0.25) is 11.7 Å². The molecule has 1 saturated carbocycles. The number of nitrogens with one attached hydrogen (secondary N) is 1. The van der Waals surface area contributed by atoms with E-state index >= 15 is 0 Å². The van der Waals surface area contributed by atoms with Gasteiger partial charge in [0, 0.05) is 32.6 Å². The van der Waals surface area contributed by atoms with Crippen molar-refractivity contribution < 1.29 is 14.3 Å². The summed E-state index contributed by atoms with van der Waals surface area (Å²) in [6.07, 6.45) is 7.76. The number of hydrogen-bond acceptors (Lipinski definition) is 5. The molecular formula is C24H45N3O3. The molecule has 0 aromatic carbocycles. The molecule has 0 aromatic rings. The summed E-state index contributed by atoms with van der Waals surface area (Å²) in [5, 5.41) is 1.96. The van der Waals surface area contributed by atoms with Crippen LogP contribution in [-0.2, 0) is 14.3 Å². The van der Waals surface area contributed by atoms with Crippen LogP contribution >= 0.6 is 0 Å². The van der Waals surface area contributed by atoms with Crippen molar-refractivity contribution in [2.24, 2.45) is 17.3 Å². The second-order valence-electron chi connectivity index (χ2n) is 10.1. The Labute approximate surface area is 184 Å². The lowest BCUT2D eigenvalue weighted by Gasteiger charge is -2.58. The van der Waals surface area contributed by atoms with Crippen LogP contribution in [0, 0.1) is 17.3 Å². The summed E-state index contributed by atoms with van der Waals surface area (Å²) in [6.45, 7) is 15.4. The van der Waals surface area contributed by atoms with E-state index in [-0.39, 0.29) is 17.2 Å². The third kappa shape index (κ3) is 5.09. The second-order valence-corrected chi connectivity index (χ2v) is 10.1. The van der Waals surface area contributed by atoms with Gasteiger partial charge in [-0.05, 0) is 51.5 Å². The lowest BCUT2D eigenvalue weighted by molar-refractivity contribution is -0.323. The third-order valence-corrected chi connectivity index (χ3v) is 6.61. The number of rotatable bonds is 8. The maximum Gasteiger partial charge on any atom is 0.227 e. The van der Waals surface area contributed by atoms with Gasteiger partial charge in [0.05, 0.1) is 19.1 Å². The highest BCUT2D eigenvalue weighted by molar-refractivity contribution is 5.81. The molecule has 1 aliphatic carbocycles. The van der Waals surface area contributed by atoms with Gasteiger partial charge in [-0.3, -0.25) is 4.79 Å². The summed E-state index contributed by atoms with van der Waals surface area (Å²) in [5.74, 6) is -0.525. The molecule has 6 heteroatoms. The molecule has 0 bridgehead atoms. The van der Waals surface area contributed by atoms with Gasteiger partial charge in [-0.15, -0.1) is 0 Å². The molecule has 1 aliphatic heterocycles. The van der Waals surface area contributed by atoms with E-state index in [9.17, 15) is 4.79 Å². The summed E-state index contributed by atoms with van der Waals surface area (Å²) >= 11 is 0. The molecule has 2 rings (SSSR count). The standard InChI is InChI=1S/C24H45N3O3/c1-9-12-14-24(29-17-22(5,6)18-30-24)23(25-26(7)8)15-13-19(4)16-20(23)21(28)27(10-2)11-3/h12,14,19-20,25H,9-11,13,15-18H2,1-8H3/b14-12-. The maximum absolute atomic E-state index is 13.8. The lowest BCUT2D eigenvalue weighted by atomic mass is 9.64. The number of amides is 1. The van der Waals surface area contributed by atoms with Gasteiger partial charge >= 0.3 is 0 Å². The number of carbonyl (C=O) groups excluding carboxylic acids is 1. The van der Waals surface area contributed by atoms with Gasteiger partial charge in [-0.1, -0.05) is 33.8 Å². The largest absolute Gasteiger partial charge is 0.344 e. The normalized spacial score (nSPS) is 31.2. The maximum atomic E-state index is 13.8. The van der Waals surface area contributed by atoms with Gasteiger partial charge in [-0.2, -0.15) is 0 Å². The van der Waals surface area contributed by atoms with E-state index in [0.29, 0.717) is 32.2 Å². The summed E-state index contributed by atoms with van der Waals surface area (Å²) in [4.78, 5) is 15.8. The molecule has 2 fully saturated rings. The first-order valence-electron chi connectivity index (χ1n) is 11.8. The number of carbonyl (C=O) groups is 1. The highest BCUT2D eigenvalue weighted by atomic mass is 16.7. The van der Waals surface area contributed by atoms with Gasteiger partial charge in [0.25, 0.3) is 0 Å². The Morgan fingerprint density at radius 2 is 1.73 bits per heavy atom. The Balaban J connectivity index is 2.62. The fourth-order valence-electron chi connectivity index (χ4n) is 4.93.